The Labute approximate surface area is 101 Å². The number of aliphatic hydroxyl groups is 1. The van der Waals surface area contributed by atoms with Crippen molar-refractivity contribution in [2.75, 3.05) is 18.0 Å². The van der Waals surface area contributed by atoms with Gasteiger partial charge >= 0.3 is 0 Å². The van der Waals surface area contributed by atoms with Gasteiger partial charge in [0.15, 0.2) is 0 Å². The summed E-state index contributed by atoms with van der Waals surface area (Å²) in [5.74, 6) is -0.186. The minimum Gasteiger partial charge on any atom is -0.388 e. The fourth-order valence-electron chi connectivity index (χ4n) is 3.13. The molecule has 17 heavy (non-hydrogen) atoms. The quantitative estimate of drug-likeness (QED) is 0.851. The van der Waals surface area contributed by atoms with Crippen LogP contribution in [0.1, 0.15) is 31.2 Å². The predicted octanol–water partition coefficient (Wildman–Crippen LogP) is 2.49. The summed E-state index contributed by atoms with van der Waals surface area (Å²) in [6.45, 7) is 1.56. The summed E-state index contributed by atoms with van der Waals surface area (Å²) in [6, 6.07) is 4.98. The Kier molecular flexibility index (Phi) is 2.58. The van der Waals surface area contributed by atoms with E-state index >= 15 is 0 Å². The molecule has 0 unspecified atom stereocenters. The van der Waals surface area contributed by atoms with Gasteiger partial charge in [-0.2, -0.15) is 0 Å². The summed E-state index contributed by atoms with van der Waals surface area (Å²) in [5, 5.41) is 10.4. The monoisotopic (exact) mass is 235 g/mol. The van der Waals surface area contributed by atoms with Gasteiger partial charge in [0.1, 0.15) is 5.82 Å². The highest BCUT2D eigenvalue weighted by Gasteiger charge is 2.34. The van der Waals surface area contributed by atoms with Crippen LogP contribution >= 0.6 is 0 Å². The summed E-state index contributed by atoms with van der Waals surface area (Å²) < 4.78 is 13.3. The van der Waals surface area contributed by atoms with E-state index in [-0.39, 0.29) is 5.82 Å². The van der Waals surface area contributed by atoms with Crippen molar-refractivity contribution in [3.63, 3.8) is 0 Å². The second-order valence-corrected chi connectivity index (χ2v) is 5.38. The predicted molar refractivity (Wildman–Crippen MR) is 65.7 cm³/mol. The number of halogens is 1. The van der Waals surface area contributed by atoms with Gasteiger partial charge in [-0.05, 0) is 37.0 Å². The maximum absolute atomic E-state index is 13.3. The van der Waals surface area contributed by atoms with Crippen molar-refractivity contribution in [2.24, 2.45) is 0 Å². The van der Waals surface area contributed by atoms with Crippen LogP contribution in [-0.2, 0) is 6.42 Å². The fourth-order valence-corrected chi connectivity index (χ4v) is 3.13. The first kappa shape index (κ1) is 11.0. The zero-order valence-corrected chi connectivity index (χ0v) is 9.95. The summed E-state index contributed by atoms with van der Waals surface area (Å²) in [7, 11) is 0. The second kappa shape index (κ2) is 3.98. The maximum atomic E-state index is 13.3. The van der Waals surface area contributed by atoms with E-state index in [4.69, 9.17) is 0 Å². The van der Waals surface area contributed by atoms with Gasteiger partial charge in [-0.15, -0.1) is 0 Å². The summed E-state index contributed by atoms with van der Waals surface area (Å²) in [4.78, 5) is 2.14. The maximum Gasteiger partial charge on any atom is 0.125 e. The molecule has 1 aliphatic heterocycles. The van der Waals surface area contributed by atoms with Crippen LogP contribution in [0.25, 0.3) is 0 Å². The third-order valence-corrected chi connectivity index (χ3v) is 4.06. The van der Waals surface area contributed by atoms with Crippen LogP contribution < -0.4 is 4.90 Å². The van der Waals surface area contributed by atoms with Gasteiger partial charge in [-0.1, -0.05) is 18.9 Å². The molecule has 0 radical (unpaired) electrons. The largest absolute Gasteiger partial charge is 0.388 e. The molecule has 1 aromatic rings. The lowest BCUT2D eigenvalue weighted by Crippen LogP contribution is -2.40. The number of hydrogen-bond acceptors (Lipinski definition) is 2. The zero-order valence-electron chi connectivity index (χ0n) is 9.95. The first-order valence-electron chi connectivity index (χ1n) is 6.42. The molecule has 3 rings (SSSR count). The molecule has 1 aliphatic carbocycles. The number of fused-ring (bicyclic) bond motifs is 1. The minimum atomic E-state index is -0.548. The molecule has 1 N–H and O–H groups in total. The highest BCUT2D eigenvalue weighted by molar-refractivity contribution is 5.58. The van der Waals surface area contributed by atoms with Gasteiger partial charge in [0.2, 0.25) is 0 Å². The van der Waals surface area contributed by atoms with Crippen molar-refractivity contribution in [3.05, 3.63) is 29.6 Å². The molecule has 0 amide bonds. The van der Waals surface area contributed by atoms with E-state index in [0.717, 1.165) is 44.3 Å². The molecule has 3 heteroatoms. The molecule has 1 aromatic carbocycles. The number of hydrogen-bond donors (Lipinski definition) is 1. The number of nitrogens with zero attached hydrogens (tertiary/aromatic N) is 1. The molecule has 0 aromatic heterocycles. The van der Waals surface area contributed by atoms with Crippen molar-refractivity contribution in [1.82, 2.24) is 0 Å². The smallest absolute Gasteiger partial charge is 0.125 e. The van der Waals surface area contributed by atoms with E-state index in [1.54, 1.807) is 6.07 Å². The number of rotatable bonds is 2. The van der Waals surface area contributed by atoms with Gasteiger partial charge in [0.25, 0.3) is 0 Å². The van der Waals surface area contributed by atoms with Crippen molar-refractivity contribution in [2.45, 2.75) is 37.7 Å². The Hall–Kier alpha value is -1.09. The van der Waals surface area contributed by atoms with E-state index in [1.807, 2.05) is 6.07 Å². The molecule has 2 nitrogen and oxygen atoms in total. The van der Waals surface area contributed by atoms with Crippen LogP contribution in [0.15, 0.2) is 18.2 Å². The molecule has 2 aliphatic rings. The molecular formula is C14H18FNO. The molecule has 0 bridgehead atoms. The van der Waals surface area contributed by atoms with E-state index in [0.29, 0.717) is 6.54 Å². The molecule has 0 atom stereocenters. The van der Waals surface area contributed by atoms with Crippen LogP contribution in [-0.4, -0.2) is 23.8 Å². The van der Waals surface area contributed by atoms with E-state index < -0.39 is 5.60 Å². The van der Waals surface area contributed by atoms with Gasteiger partial charge in [-0.25, -0.2) is 4.39 Å². The van der Waals surface area contributed by atoms with Gasteiger partial charge < -0.3 is 10.0 Å². The molecule has 1 heterocycles. The van der Waals surface area contributed by atoms with Gasteiger partial charge in [-0.3, -0.25) is 0 Å². The van der Waals surface area contributed by atoms with Crippen molar-refractivity contribution >= 4 is 5.69 Å². The topological polar surface area (TPSA) is 23.5 Å². The van der Waals surface area contributed by atoms with Gasteiger partial charge in [0, 0.05) is 18.8 Å². The average Bonchev–Trinajstić information content (AvgIpc) is 2.87. The van der Waals surface area contributed by atoms with Crippen LogP contribution in [0.5, 0.6) is 0 Å². The van der Waals surface area contributed by atoms with Crippen molar-refractivity contribution in [1.29, 1.82) is 0 Å². The van der Waals surface area contributed by atoms with E-state index in [9.17, 15) is 9.50 Å². The van der Waals surface area contributed by atoms with E-state index in [2.05, 4.69) is 4.90 Å². The normalized spacial score (nSPS) is 21.9. The molecule has 1 saturated carbocycles. The lowest BCUT2D eigenvalue weighted by molar-refractivity contribution is 0.0552. The SMILES string of the molecule is OC1(CN2CCc3ccc(F)cc32)CCCC1. The minimum absolute atomic E-state index is 0.186. The van der Waals surface area contributed by atoms with Crippen LogP contribution in [0.3, 0.4) is 0 Å². The lowest BCUT2D eigenvalue weighted by atomic mass is 10.0. The van der Waals surface area contributed by atoms with Crippen LogP contribution in [0.2, 0.25) is 0 Å². The molecular weight excluding hydrogens is 217 g/mol. The Morgan fingerprint density at radius 1 is 1.29 bits per heavy atom. The van der Waals surface area contributed by atoms with Crippen molar-refractivity contribution < 1.29 is 9.50 Å². The number of β-amino-alcohol motifs (C(OH)–C–C–N with tert-alkyl or cyclic N) is 1. The Morgan fingerprint density at radius 2 is 2.06 bits per heavy atom. The van der Waals surface area contributed by atoms with E-state index in [1.165, 1.54) is 11.6 Å². The first-order valence-corrected chi connectivity index (χ1v) is 6.42. The third-order valence-electron chi connectivity index (χ3n) is 4.06. The molecule has 0 spiro atoms. The first-order chi connectivity index (χ1) is 8.16. The van der Waals surface area contributed by atoms with Crippen LogP contribution in [0.4, 0.5) is 10.1 Å². The fraction of sp³-hybridized carbons (Fsp3) is 0.571. The molecule has 1 fully saturated rings. The molecule has 92 valence electrons. The zero-order chi connectivity index (χ0) is 11.9. The average molecular weight is 235 g/mol. The highest BCUT2D eigenvalue weighted by Crippen LogP contribution is 2.35. The Morgan fingerprint density at radius 3 is 2.82 bits per heavy atom. The highest BCUT2D eigenvalue weighted by atomic mass is 19.1. The lowest BCUT2D eigenvalue weighted by Gasteiger charge is -2.30. The summed E-state index contributed by atoms with van der Waals surface area (Å²) in [5.41, 5.74) is 1.63. The standard InChI is InChI=1S/C14H18FNO/c15-12-4-3-11-5-8-16(13(11)9-12)10-14(17)6-1-2-7-14/h3-4,9,17H,1-2,5-8,10H2. The number of benzene rings is 1. The Bertz CT molecular complexity index is 426. The molecule has 0 saturated heterocycles. The third kappa shape index (κ3) is 2.04. The second-order valence-electron chi connectivity index (χ2n) is 5.38. The van der Waals surface area contributed by atoms with Crippen LogP contribution in [0, 0.1) is 5.82 Å². The van der Waals surface area contributed by atoms with Gasteiger partial charge in [0.05, 0.1) is 5.60 Å². The summed E-state index contributed by atoms with van der Waals surface area (Å²) >= 11 is 0. The summed E-state index contributed by atoms with van der Waals surface area (Å²) in [6.07, 6.45) is 4.95. The number of anilines is 1. The van der Waals surface area contributed by atoms with Crippen molar-refractivity contribution in [3.8, 4) is 0 Å². The Balaban J connectivity index is 1.81.